The lowest BCUT2D eigenvalue weighted by molar-refractivity contribution is -0.130. The maximum atomic E-state index is 13.2. The minimum atomic E-state index is -3.91. The highest BCUT2D eigenvalue weighted by Crippen LogP contribution is 2.29. The van der Waals surface area contributed by atoms with Crippen molar-refractivity contribution in [3.63, 3.8) is 0 Å². The molecule has 11 heteroatoms. The average molecular weight is 527 g/mol. The van der Waals surface area contributed by atoms with Gasteiger partial charge in [0.1, 0.15) is 6.04 Å². The molecule has 0 spiro atoms. The van der Waals surface area contributed by atoms with Crippen molar-refractivity contribution in [2.24, 2.45) is 0 Å². The van der Waals surface area contributed by atoms with Crippen LogP contribution in [-0.2, 0) is 19.6 Å². The Bertz CT molecular complexity index is 1370. The van der Waals surface area contributed by atoms with Crippen LogP contribution in [0.5, 0.6) is 0 Å². The third-order valence-corrected chi connectivity index (χ3v) is 9.50. The highest BCUT2D eigenvalue weighted by Gasteiger charge is 2.38. The number of likely N-dealkylation sites (tertiary alicyclic amines) is 1. The molecule has 2 saturated heterocycles. The summed E-state index contributed by atoms with van der Waals surface area (Å²) >= 11 is 1.40. The zero-order valence-electron chi connectivity index (χ0n) is 19.5. The van der Waals surface area contributed by atoms with Gasteiger partial charge in [0.25, 0.3) is 15.9 Å². The summed E-state index contributed by atoms with van der Waals surface area (Å²) in [6, 6.07) is 12.7. The summed E-state index contributed by atoms with van der Waals surface area (Å²) in [5.41, 5.74) is 0. The first-order valence-corrected chi connectivity index (χ1v) is 14.1. The van der Waals surface area contributed by atoms with Crippen molar-refractivity contribution in [3.05, 3.63) is 59.6 Å². The van der Waals surface area contributed by atoms with Crippen LogP contribution in [0, 0.1) is 0 Å². The number of aromatic nitrogens is 1. The van der Waals surface area contributed by atoms with E-state index in [-0.39, 0.29) is 35.7 Å². The van der Waals surface area contributed by atoms with Crippen LogP contribution in [0.25, 0.3) is 10.1 Å². The highest BCUT2D eigenvalue weighted by molar-refractivity contribution is 7.89. The van der Waals surface area contributed by atoms with Gasteiger partial charge >= 0.3 is 0 Å². The van der Waals surface area contributed by atoms with Gasteiger partial charge in [-0.25, -0.2) is 13.4 Å². The van der Waals surface area contributed by atoms with Crippen molar-refractivity contribution in [2.45, 2.75) is 42.8 Å². The molecule has 4 heterocycles. The molecule has 0 bridgehead atoms. The minimum absolute atomic E-state index is 0.110. The molecule has 9 nitrogen and oxygen atoms in total. The Hall–Kier alpha value is -3.15. The molecule has 1 aromatic carbocycles. The number of fused-ring (bicyclic) bond motifs is 1. The van der Waals surface area contributed by atoms with Crippen LogP contribution >= 0.6 is 11.3 Å². The first-order valence-electron chi connectivity index (χ1n) is 11.9. The second kappa shape index (κ2) is 10.1. The molecule has 2 aromatic heterocycles. The molecule has 5 rings (SSSR count). The molecule has 3 aromatic rings. The van der Waals surface area contributed by atoms with Gasteiger partial charge in [0.15, 0.2) is 10.8 Å². The number of nitrogens with zero attached hydrogens (tertiary/aromatic N) is 3. The van der Waals surface area contributed by atoms with Crippen LogP contribution in [0.3, 0.4) is 0 Å². The monoisotopic (exact) mass is 526 g/mol. The molecule has 1 N–H and O–H groups in total. The number of hydrogen-bond acceptors (Lipinski definition) is 7. The lowest BCUT2D eigenvalue weighted by Gasteiger charge is -2.25. The van der Waals surface area contributed by atoms with E-state index in [0.717, 1.165) is 14.4 Å². The van der Waals surface area contributed by atoms with E-state index >= 15 is 0 Å². The van der Waals surface area contributed by atoms with Crippen LogP contribution in [0.15, 0.2) is 59.8 Å². The fourth-order valence-corrected chi connectivity index (χ4v) is 7.16. The summed E-state index contributed by atoms with van der Waals surface area (Å²) in [4.78, 5) is 45.5. The van der Waals surface area contributed by atoms with Crippen molar-refractivity contribution in [1.82, 2.24) is 19.5 Å². The summed E-state index contributed by atoms with van der Waals surface area (Å²) in [7, 11) is -3.91. The Morgan fingerprint density at radius 2 is 1.81 bits per heavy atom. The third kappa shape index (κ3) is 4.78. The van der Waals surface area contributed by atoms with Gasteiger partial charge in [-0.15, -0.1) is 11.3 Å². The molecule has 2 aliphatic heterocycles. The highest BCUT2D eigenvalue weighted by atomic mass is 32.2. The van der Waals surface area contributed by atoms with Crippen molar-refractivity contribution in [3.8, 4) is 0 Å². The van der Waals surface area contributed by atoms with Crippen LogP contribution in [0.2, 0.25) is 0 Å². The maximum absolute atomic E-state index is 13.2. The number of benzene rings is 1. The molecule has 2 atom stereocenters. The Labute approximate surface area is 213 Å². The van der Waals surface area contributed by atoms with Gasteiger partial charge in [0.05, 0.1) is 17.5 Å². The summed E-state index contributed by atoms with van der Waals surface area (Å²) in [6.45, 7) is 0.301. The van der Waals surface area contributed by atoms with E-state index in [9.17, 15) is 22.8 Å². The van der Waals surface area contributed by atoms with Gasteiger partial charge in [-0.05, 0) is 55.3 Å². The number of sulfonamides is 1. The Morgan fingerprint density at radius 1 is 1.03 bits per heavy atom. The summed E-state index contributed by atoms with van der Waals surface area (Å²) in [5, 5.41) is 3.69. The standard InChI is InChI=1S/C25H26N4O5S2/c30-20-16-28(36(33,34)23-11-3-4-12-26-23)13-5-8-18(20)27-24(31)19-9-6-14-29(19)25(32)22-15-17-7-1-2-10-21(17)35-22/h1-4,7,10-12,15,18-19H,5-6,8-9,13-14,16H2,(H,27,31)/t18?,19-/m0/s1. The van der Waals surface area contributed by atoms with Crippen molar-refractivity contribution in [2.75, 3.05) is 19.6 Å². The Kier molecular flexibility index (Phi) is 6.87. The molecular formula is C25H26N4O5S2. The fraction of sp³-hybridized carbons (Fsp3) is 0.360. The SMILES string of the molecule is O=C1CN(S(=O)(=O)c2ccccn2)CCCC1NC(=O)[C@@H]1CCCN1C(=O)c1cc2ccccc2s1. The molecule has 0 aliphatic carbocycles. The predicted molar refractivity (Wildman–Crippen MR) is 135 cm³/mol. The van der Waals surface area contributed by atoms with Gasteiger partial charge in [0, 0.05) is 24.0 Å². The molecular weight excluding hydrogens is 500 g/mol. The smallest absolute Gasteiger partial charge is 0.264 e. The Morgan fingerprint density at radius 3 is 2.58 bits per heavy atom. The number of ketones is 1. The molecule has 0 saturated carbocycles. The van der Waals surface area contributed by atoms with E-state index in [1.807, 2.05) is 30.3 Å². The number of rotatable bonds is 5. The maximum Gasteiger partial charge on any atom is 0.264 e. The van der Waals surface area contributed by atoms with Gasteiger partial charge in [-0.1, -0.05) is 24.3 Å². The lowest BCUT2D eigenvalue weighted by atomic mass is 10.1. The van der Waals surface area contributed by atoms with E-state index in [2.05, 4.69) is 10.3 Å². The number of thiophene rings is 1. The summed E-state index contributed by atoms with van der Waals surface area (Å²) < 4.78 is 28.0. The van der Waals surface area contributed by atoms with Crippen LogP contribution in [-0.4, -0.2) is 71.9 Å². The summed E-state index contributed by atoms with van der Waals surface area (Å²) in [6.07, 6.45) is 3.35. The number of nitrogens with one attached hydrogen (secondary N) is 1. The van der Waals surface area contributed by atoms with Gasteiger partial charge in [-0.3, -0.25) is 14.4 Å². The topological polar surface area (TPSA) is 117 Å². The van der Waals surface area contributed by atoms with E-state index in [1.165, 1.54) is 23.6 Å². The van der Waals surface area contributed by atoms with Gasteiger partial charge in [0.2, 0.25) is 5.91 Å². The number of amides is 2. The summed E-state index contributed by atoms with van der Waals surface area (Å²) in [5.74, 6) is -0.934. The van der Waals surface area contributed by atoms with E-state index < -0.39 is 22.1 Å². The molecule has 2 aliphatic rings. The normalized spacial score (nSPS) is 21.4. The number of carbonyl (C=O) groups is 3. The molecule has 0 radical (unpaired) electrons. The fourth-order valence-electron chi connectivity index (χ4n) is 4.76. The lowest BCUT2D eigenvalue weighted by Crippen LogP contribution is -2.51. The van der Waals surface area contributed by atoms with Crippen LogP contribution < -0.4 is 5.32 Å². The molecule has 188 valence electrons. The van der Waals surface area contributed by atoms with E-state index in [1.54, 1.807) is 17.0 Å². The van der Waals surface area contributed by atoms with Crippen molar-refractivity contribution >= 4 is 49.0 Å². The van der Waals surface area contributed by atoms with Crippen LogP contribution in [0.1, 0.15) is 35.4 Å². The zero-order chi connectivity index (χ0) is 25.3. The number of carbonyl (C=O) groups excluding carboxylic acids is 3. The second-order valence-corrected chi connectivity index (χ2v) is 11.9. The molecule has 2 amide bonds. The van der Waals surface area contributed by atoms with E-state index in [4.69, 9.17) is 0 Å². The van der Waals surface area contributed by atoms with Gasteiger partial charge in [-0.2, -0.15) is 4.31 Å². The number of hydrogen-bond donors (Lipinski definition) is 1. The van der Waals surface area contributed by atoms with Crippen molar-refractivity contribution in [1.29, 1.82) is 0 Å². The number of pyridine rings is 1. The first kappa shape index (κ1) is 24.5. The first-order chi connectivity index (χ1) is 17.3. The minimum Gasteiger partial charge on any atom is -0.344 e. The van der Waals surface area contributed by atoms with Crippen LogP contribution in [0.4, 0.5) is 0 Å². The predicted octanol–water partition coefficient (Wildman–Crippen LogP) is 2.44. The number of Topliss-reactive ketones (excluding diaryl/α,β-unsaturated/α-hetero) is 1. The zero-order valence-corrected chi connectivity index (χ0v) is 21.1. The average Bonchev–Trinajstić information content (AvgIpc) is 3.51. The quantitative estimate of drug-likeness (QED) is 0.546. The van der Waals surface area contributed by atoms with Gasteiger partial charge < -0.3 is 10.2 Å². The largest absolute Gasteiger partial charge is 0.344 e. The molecule has 36 heavy (non-hydrogen) atoms. The van der Waals surface area contributed by atoms with E-state index in [0.29, 0.717) is 37.1 Å². The van der Waals surface area contributed by atoms with Crippen molar-refractivity contribution < 1.29 is 22.8 Å². The third-order valence-electron chi connectivity index (χ3n) is 6.63. The molecule has 2 fully saturated rings. The second-order valence-electron chi connectivity index (χ2n) is 8.98. The Balaban J connectivity index is 1.26. The molecule has 1 unspecified atom stereocenters.